The third kappa shape index (κ3) is 5.54. The van der Waals surface area contributed by atoms with Gasteiger partial charge in [0.15, 0.2) is 11.5 Å². The van der Waals surface area contributed by atoms with Crippen LogP contribution in [-0.2, 0) is 12.0 Å². The molecule has 146 valence electrons. The van der Waals surface area contributed by atoms with Gasteiger partial charge in [-0.05, 0) is 35.4 Å². The van der Waals surface area contributed by atoms with Gasteiger partial charge in [-0.1, -0.05) is 32.0 Å². The minimum absolute atomic E-state index is 0.209. The highest BCUT2D eigenvalue weighted by atomic mass is 16.5. The summed E-state index contributed by atoms with van der Waals surface area (Å²) in [7, 11) is 4.84. The first kappa shape index (κ1) is 20.4. The number of hydrogen-bond donors (Lipinski definition) is 2. The quantitative estimate of drug-likeness (QED) is 0.744. The third-order valence-corrected chi connectivity index (χ3v) is 4.47. The molecule has 0 unspecified atom stereocenters. The lowest BCUT2D eigenvalue weighted by Gasteiger charge is -2.26. The molecule has 0 aromatic heterocycles. The molecule has 6 nitrogen and oxygen atoms in total. The Morgan fingerprint density at radius 2 is 1.56 bits per heavy atom. The maximum atomic E-state index is 12.1. The lowest BCUT2D eigenvalue weighted by molar-refractivity contribution is 0.238. The van der Waals surface area contributed by atoms with Crippen molar-refractivity contribution in [3.05, 3.63) is 53.6 Å². The van der Waals surface area contributed by atoms with Crippen LogP contribution in [0.25, 0.3) is 0 Å². The van der Waals surface area contributed by atoms with E-state index in [2.05, 4.69) is 24.5 Å². The van der Waals surface area contributed by atoms with E-state index in [4.69, 9.17) is 14.2 Å². The highest BCUT2D eigenvalue weighted by Gasteiger charge is 2.23. The summed E-state index contributed by atoms with van der Waals surface area (Å²) < 4.78 is 15.8. The van der Waals surface area contributed by atoms with E-state index in [0.29, 0.717) is 24.6 Å². The molecule has 0 aliphatic heterocycles. The lowest BCUT2D eigenvalue weighted by Crippen LogP contribution is -2.42. The molecule has 2 rings (SSSR count). The molecule has 2 aromatic carbocycles. The molecule has 2 N–H and O–H groups in total. The molecule has 0 aliphatic carbocycles. The summed E-state index contributed by atoms with van der Waals surface area (Å²) in [5.74, 6) is 2.15. The zero-order valence-corrected chi connectivity index (χ0v) is 16.6. The van der Waals surface area contributed by atoms with Crippen molar-refractivity contribution in [2.75, 3.05) is 27.9 Å². The molecule has 0 bridgehead atoms. The van der Waals surface area contributed by atoms with Gasteiger partial charge in [-0.15, -0.1) is 0 Å². The number of rotatable bonds is 8. The van der Waals surface area contributed by atoms with Gasteiger partial charge >= 0.3 is 6.03 Å². The van der Waals surface area contributed by atoms with Crippen LogP contribution in [0.5, 0.6) is 17.2 Å². The summed E-state index contributed by atoms with van der Waals surface area (Å²) in [5, 5.41) is 5.80. The Bertz CT molecular complexity index is 757. The summed E-state index contributed by atoms with van der Waals surface area (Å²) in [5.41, 5.74) is 1.79. The molecule has 0 saturated carbocycles. The topological polar surface area (TPSA) is 68.8 Å². The number of carbonyl (C=O) groups excluding carboxylic acids is 1. The number of methoxy groups -OCH3 is 3. The number of ether oxygens (including phenoxy) is 3. The first-order valence-electron chi connectivity index (χ1n) is 8.76. The minimum Gasteiger partial charge on any atom is -0.497 e. The molecule has 0 radical (unpaired) electrons. The van der Waals surface area contributed by atoms with E-state index in [0.717, 1.165) is 16.9 Å². The van der Waals surface area contributed by atoms with E-state index in [9.17, 15) is 4.79 Å². The fourth-order valence-corrected chi connectivity index (χ4v) is 2.65. The predicted molar refractivity (Wildman–Crippen MR) is 106 cm³/mol. The fraction of sp³-hybridized carbons (Fsp3) is 0.381. The van der Waals surface area contributed by atoms with E-state index >= 15 is 0 Å². The van der Waals surface area contributed by atoms with Crippen molar-refractivity contribution in [2.24, 2.45) is 0 Å². The van der Waals surface area contributed by atoms with E-state index < -0.39 is 0 Å². The van der Waals surface area contributed by atoms with Gasteiger partial charge in [-0.3, -0.25) is 0 Å². The van der Waals surface area contributed by atoms with Crippen molar-refractivity contribution in [1.29, 1.82) is 0 Å². The molecule has 6 heteroatoms. The average molecular weight is 372 g/mol. The van der Waals surface area contributed by atoms with Gasteiger partial charge in [0, 0.05) is 18.5 Å². The molecule has 0 saturated heterocycles. The van der Waals surface area contributed by atoms with Gasteiger partial charge in [0.25, 0.3) is 0 Å². The third-order valence-electron chi connectivity index (χ3n) is 4.47. The Balaban J connectivity index is 1.90. The van der Waals surface area contributed by atoms with Crippen molar-refractivity contribution in [3.63, 3.8) is 0 Å². The first-order valence-corrected chi connectivity index (χ1v) is 8.76. The normalized spacial score (nSPS) is 10.9. The van der Waals surface area contributed by atoms with Crippen LogP contribution < -0.4 is 24.8 Å². The molecule has 2 aromatic rings. The molecule has 2 amide bonds. The monoisotopic (exact) mass is 372 g/mol. The molecule has 0 spiro atoms. The van der Waals surface area contributed by atoms with Crippen LogP contribution >= 0.6 is 0 Å². The average Bonchev–Trinajstić information content (AvgIpc) is 2.70. The summed E-state index contributed by atoms with van der Waals surface area (Å²) in [6.07, 6.45) is 0. The van der Waals surface area contributed by atoms with Crippen molar-refractivity contribution >= 4 is 6.03 Å². The zero-order valence-electron chi connectivity index (χ0n) is 16.6. The number of urea groups is 1. The van der Waals surface area contributed by atoms with Crippen molar-refractivity contribution in [3.8, 4) is 17.2 Å². The van der Waals surface area contributed by atoms with Crippen LogP contribution in [-0.4, -0.2) is 33.9 Å². The number of benzene rings is 2. The van der Waals surface area contributed by atoms with Crippen LogP contribution in [0.3, 0.4) is 0 Å². The summed E-state index contributed by atoms with van der Waals surface area (Å²) in [6.45, 7) is 5.07. The van der Waals surface area contributed by atoms with E-state index in [1.54, 1.807) is 21.3 Å². The Labute approximate surface area is 160 Å². The second-order valence-corrected chi connectivity index (χ2v) is 6.84. The Morgan fingerprint density at radius 1 is 0.889 bits per heavy atom. The van der Waals surface area contributed by atoms with Crippen LogP contribution in [0.2, 0.25) is 0 Å². The Hall–Kier alpha value is -2.89. The summed E-state index contributed by atoms with van der Waals surface area (Å²) in [4.78, 5) is 12.1. The molecule has 0 atom stereocenters. The smallest absolute Gasteiger partial charge is 0.315 e. The van der Waals surface area contributed by atoms with Crippen LogP contribution in [0.4, 0.5) is 4.79 Å². The number of nitrogens with one attached hydrogen (secondary N) is 2. The number of hydrogen-bond acceptors (Lipinski definition) is 4. The molecular weight excluding hydrogens is 344 g/mol. The molecule has 0 aliphatic rings. The molecule has 27 heavy (non-hydrogen) atoms. The maximum absolute atomic E-state index is 12.1. The Kier molecular flexibility index (Phi) is 6.93. The van der Waals surface area contributed by atoms with Gasteiger partial charge in [-0.25, -0.2) is 4.79 Å². The summed E-state index contributed by atoms with van der Waals surface area (Å²) >= 11 is 0. The zero-order chi connectivity index (χ0) is 19.9. The number of carbonyl (C=O) groups is 1. The SMILES string of the molecule is COc1ccc(CNC(=O)NCC(C)(C)c2ccc(OC)c(OC)c2)cc1. The Morgan fingerprint density at radius 3 is 2.15 bits per heavy atom. The van der Waals surface area contributed by atoms with Crippen LogP contribution in [0.15, 0.2) is 42.5 Å². The van der Waals surface area contributed by atoms with Gasteiger partial charge < -0.3 is 24.8 Å². The number of amides is 2. The van der Waals surface area contributed by atoms with Gasteiger partial charge in [0.05, 0.1) is 21.3 Å². The van der Waals surface area contributed by atoms with Gasteiger partial charge in [-0.2, -0.15) is 0 Å². The fourth-order valence-electron chi connectivity index (χ4n) is 2.65. The molecule has 0 fully saturated rings. The van der Waals surface area contributed by atoms with E-state index in [-0.39, 0.29) is 11.4 Å². The largest absolute Gasteiger partial charge is 0.497 e. The maximum Gasteiger partial charge on any atom is 0.315 e. The minimum atomic E-state index is -0.267. The predicted octanol–water partition coefficient (Wildman–Crippen LogP) is 3.49. The lowest BCUT2D eigenvalue weighted by atomic mass is 9.84. The van der Waals surface area contributed by atoms with Crippen molar-refractivity contribution < 1.29 is 19.0 Å². The van der Waals surface area contributed by atoms with Crippen LogP contribution in [0.1, 0.15) is 25.0 Å². The highest BCUT2D eigenvalue weighted by molar-refractivity contribution is 5.74. The van der Waals surface area contributed by atoms with Crippen molar-refractivity contribution in [1.82, 2.24) is 10.6 Å². The van der Waals surface area contributed by atoms with Gasteiger partial charge in [0.2, 0.25) is 0 Å². The van der Waals surface area contributed by atoms with Crippen molar-refractivity contribution in [2.45, 2.75) is 25.8 Å². The summed E-state index contributed by atoms with van der Waals surface area (Å²) in [6, 6.07) is 13.2. The van der Waals surface area contributed by atoms with Gasteiger partial charge in [0.1, 0.15) is 5.75 Å². The highest BCUT2D eigenvalue weighted by Crippen LogP contribution is 2.32. The van der Waals surface area contributed by atoms with Crippen LogP contribution in [0, 0.1) is 0 Å². The first-order chi connectivity index (χ1) is 12.9. The second kappa shape index (κ2) is 9.16. The standard InChI is InChI=1S/C21H28N2O4/c1-21(2,16-8-11-18(26-4)19(12-16)27-5)14-23-20(24)22-13-15-6-9-17(25-3)10-7-15/h6-12H,13-14H2,1-5H3,(H2,22,23,24). The second-order valence-electron chi connectivity index (χ2n) is 6.84. The van der Waals surface area contributed by atoms with E-state index in [1.807, 2.05) is 42.5 Å². The van der Waals surface area contributed by atoms with E-state index in [1.165, 1.54) is 0 Å². The molecule has 0 heterocycles. The molecular formula is C21H28N2O4.